The van der Waals surface area contributed by atoms with Crippen LogP contribution in [0.4, 0.5) is 15.9 Å². The summed E-state index contributed by atoms with van der Waals surface area (Å²) in [4.78, 5) is 23.3. The van der Waals surface area contributed by atoms with Crippen molar-refractivity contribution < 1.29 is 19.2 Å². The van der Waals surface area contributed by atoms with E-state index < -0.39 is 22.4 Å². The molecule has 0 bridgehead atoms. The van der Waals surface area contributed by atoms with Gasteiger partial charge in [-0.1, -0.05) is 0 Å². The lowest BCUT2D eigenvalue weighted by molar-refractivity contribution is -0.385. The Morgan fingerprint density at radius 3 is 2.88 bits per heavy atom. The average molecular weight is 243 g/mol. The normalized spacial score (nSPS) is 9.94. The smallest absolute Gasteiger partial charge is 0.303 e. The van der Waals surface area contributed by atoms with Gasteiger partial charge in [0, 0.05) is 13.0 Å². The standard InChI is InChI=1S/C9H10FN3O4/c10-7-4-6(13(16)17)5-12-9(7)11-3-1-2-8(14)15/h4-5H,1-3H2,(H,11,12)(H,14,15). The molecule has 1 aromatic heterocycles. The van der Waals surface area contributed by atoms with Gasteiger partial charge in [0.15, 0.2) is 11.6 Å². The van der Waals surface area contributed by atoms with Gasteiger partial charge in [-0.3, -0.25) is 14.9 Å². The highest BCUT2D eigenvalue weighted by Gasteiger charge is 2.11. The quantitative estimate of drug-likeness (QED) is 0.444. The molecule has 1 aromatic rings. The van der Waals surface area contributed by atoms with Crippen LogP contribution >= 0.6 is 0 Å². The van der Waals surface area contributed by atoms with Crippen LogP contribution in [0.2, 0.25) is 0 Å². The Hall–Kier alpha value is -2.25. The van der Waals surface area contributed by atoms with E-state index in [1.54, 1.807) is 0 Å². The second-order valence-electron chi connectivity index (χ2n) is 3.21. The minimum absolute atomic E-state index is 0.0401. The Balaban J connectivity index is 2.54. The molecule has 0 aromatic carbocycles. The van der Waals surface area contributed by atoms with E-state index in [4.69, 9.17) is 5.11 Å². The molecule has 0 radical (unpaired) electrons. The van der Waals surface area contributed by atoms with Crippen molar-refractivity contribution in [1.82, 2.24) is 4.98 Å². The minimum Gasteiger partial charge on any atom is -0.481 e. The first-order valence-corrected chi connectivity index (χ1v) is 4.76. The molecule has 0 atom stereocenters. The molecule has 0 aliphatic carbocycles. The van der Waals surface area contributed by atoms with Crippen molar-refractivity contribution in [3.05, 3.63) is 28.2 Å². The number of anilines is 1. The van der Waals surface area contributed by atoms with E-state index >= 15 is 0 Å². The lowest BCUT2D eigenvalue weighted by Gasteiger charge is -2.04. The van der Waals surface area contributed by atoms with Crippen LogP contribution in [0.1, 0.15) is 12.8 Å². The number of aromatic nitrogens is 1. The number of carboxylic acid groups (broad SMARTS) is 1. The van der Waals surface area contributed by atoms with Crippen molar-refractivity contribution in [2.24, 2.45) is 0 Å². The van der Waals surface area contributed by atoms with Crippen molar-refractivity contribution in [3.8, 4) is 0 Å². The van der Waals surface area contributed by atoms with E-state index in [-0.39, 0.29) is 18.8 Å². The van der Waals surface area contributed by atoms with E-state index in [1.165, 1.54) is 0 Å². The molecular formula is C9H10FN3O4. The third kappa shape index (κ3) is 4.01. The molecule has 0 saturated heterocycles. The van der Waals surface area contributed by atoms with Gasteiger partial charge in [0.2, 0.25) is 0 Å². The summed E-state index contributed by atoms with van der Waals surface area (Å²) < 4.78 is 13.3. The summed E-state index contributed by atoms with van der Waals surface area (Å²) in [7, 11) is 0. The van der Waals surface area contributed by atoms with Crippen molar-refractivity contribution in [1.29, 1.82) is 0 Å². The van der Waals surface area contributed by atoms with Crippen LogP contribution in [0.5, 0.6) is 0 Å². The fourth-order valence-electron chi connectivity index (χ4n) is 1.10. The average Bonchev–Trinajstić information content (AvgIpc) is 2.25. The van der Waals surface area contributed by atoms with Gasteiger partial charge in [-0.15, -0.1) is 0 Å². The summed E-state index contributed by atoms with van der Waals surface area (Å²) in [5.41, 5.74) is -0.432. The number of aliphatic carboxylic acids is 1. The lowest BCUT2D eigenvalue weighted by atomic mass is 10.3. The van der Waals surface area contributed by atoms with Gasteiger partial charge < -0.3 is 10.4 Å². The zero-order valence-electron chi connectivity index (χ0n) is 8.72. The van der Waals surface area contributed by atoms with Gasteiger partial charge in [-0.05, 0) is 6.42 Å². The predicted molar refractivity (Wildman–Crippen MR) is 56.2 cm³/mol. The van der Waals surface area contributed by atoms with Crippen LogP contribution in [0, 0.1) is 15.9 Å². The summed E-state index contributed by atoms with van der Waals surface area (Å²) >= 11 is 0. The summed E-state index contributed by atoms with van der Waals surface area (Å²) in [6, 6.07) is 0.756. The highest BCUT2D eigenvalue weighted by molar-refractivity contribution is 5.66. The zero-order chi connectivity index (χ0) is 12.8. The Bertz CT molecular complexity index is 438. The van der Waals surface area contributed by atoms with E-state index in [0.29, 0.717) is 6.42 Å². The monoisotopic (exact) mass is 243 g/mol. The highest BCUT2D eigenvalue weighted by Crippen LogP contribution is 2.17. The molecule has 0 aliphatic heterocycles. The minimum atomic E-state index is -0.941. The molecule has 1 rings (SSSR count). The van der Waals surface area contributed by atoms with Gasteiger partial charge in [-0.25, -0.2) is 9.37 Å². The molecule has 17 heavy (non-hydrogen) atoms. The maximum absolute atomic E-state index is 13.3. The first kappa shape index (κ1) is 12.8. The van der Waals surface area contributed by atoms with Gasteiger partial charge >= 0.3 is 5.97 Å². The number of nitro groups is 1. The number of nitrogens with zero attached hydrogens (tertiary/aromatic N) is 2. The van der Waals surface area contributed by atoms with Crippen molar-refractivity contribution in [3.63, 3.8) is 0 Å². The Labute approximate surface area is 95.4 Å². The molecule has 0 amide bonds. The molecule has 0 fully saturated rings. The van der Waals surface area contributed by atoms with E-state index in [2.05, 4.69) is 10.3 Å². The number of pyridine rings is 1. The Kier molecular flexibility index (Phi) is 4.32. The van der Waals surface area contributed by atoms with Crippen molar-refractivity contribution in [2.45, 2.75) is 12.8 Å². The van der Waals surface area contributed by atoms with E-state index in [1.807, 2.05) is 0 Å². The zero-order valence-corrected chi connectivity index (χ0v) is 8.72. The van der Waals surface area contributed by atoms with Crippen LogP contribution in [-0.4, -0.2) is 27.5 Å². The molecule has 92 valence electrons. The summed E-state index contributed by atoms with van der Waals surface area (Å²) in [6.45, 7) is 0.230. The van der Waals surface area contributed by atoms with Crippen molar-refractivity contribution >= 4 is 17.5 Å². The Morgan fingerprint density at radius 1 is 1.65 bits per heavy atom. The summed E-state index contributed by atoms with van der Waals surface area (Å²) in [5, 5.41) is 21.2. The summed E-state index contributed by atoms with van der Waals surface area (Å²) in [6.07, 6.45) is 1.21. The van der Waals surface area contributed by atoms with Crippen molar-refractivity contribution in [2.75, 3.05) is 11.9 Å². The van der Waals surface area contributed by atoms with Crippen LogP contribution in [-0.2, 0) is 4.79 Å². The maximum Gasteiger partial charge on any atom is 0.303 e. The molecule has 0 aliphatic rings. The van der Waals surface area contributed by atoms with E-state index in [0.717, 1.165) is 12.3 Å². The fourth-order valence-corrected chi connectivity index (χ4v) is 1.10. The van der Waals surface area contributed by atoms with Crippen LogP contribution in [0.25, 0.3) is 0 Å². The van der Waals surface area contributed by atoms with Gasteiger partial charge in [0.25, 0.3) is 5.69 Å². The van der Waals surface area contributed by atoms with Gasteiger partial charge in [-0.2, -0.15) is 0 Å². The van der Waals surface area contributed by atoms with Crippen LogP contribution in [0.15, 0.2) is 12.3 Å². The number of carboxylic acids is 1. The number of carbonyl (C=O) groups is 1. The van der Waals surface area contributed by atoms with E-state index in [9.17, 15) is 19.3 Å². The SMILES string of the molecule is O=C(O)CCCNc1ncc([N+](=O)[O-])cc1F. The molecule has 0 spiro atoms. The number of rotatable bonds is 6. The maximum atomic E-state index is 13.3. The largest absolute Gasteiger partial charge is 0.481 e. The molecule has 1 heterocycles. The molecule has 7 nitrogen and oxygen atoms in total. The van der Waals surface area contributed by atoms with Crippen LogP contribution < -0.4 is 5.32 Å². The molecule has 2 N–H and O–H groups in total. The first-order chi connectivity index (χ1) is 8.00. The molecule has 0 unspecified atom stereocenters. The van der Waals surface area contributed by atoms with Gasteiger partial charge in [0.05, 0.1) is 11.0 Å². The molecular weight excluding hydrogens is 233 g/mol. The third-order valence-electron chi connectivity index (χ3n) is 1.90. The second kappa shape index (κ2) is 5.73. The Morgan fingerprint density at radius 2 is 2.35 bits per heavy atom. The number of halogens is 1. The molecule has 0 saturated carbocycles. The summed E-state index contributed by atoms with van der Waals surface area (Å²) in [5.74, 6) is -1.90. The number of nitrogens with one attached hydrogen (secondary N) is 1. The second-order valence-corrected chi connectivity index (χ2v) is 3.21. The fraction of sp³-hybridized carbons (Fsp3) is 0.333. The lowest BCUT2D eigenvalue weighted by Crippen LogP contribution is -2.07. The van der Waals surface area contributed by atoms with Gasteiger partial charge in [0.1, 0.15) is 6.20 Å². The third-order valence-corrected chi connectivity index (χ3v) is 1.90. The predicted octanol–water partition coefficient (Wildman–Crippen LogP) is 1.41. The van der Waals surface area contributed by atoms with Crippen LogP contribution in [0.3, 0.4) is 0 Å². The first-order valence-electron chi connectivity index (χ1n) is 4.76. The highest BCUT2D eigenvalue weighted by atomic mass is 19.1. The number of hydrogen-bond acceptors (Lipinski definition) is 5. The topological polar surface area (TPSA) is 105 Å². The number of hydrogen-bond donors (Lipinski definition) is 2. The molecule has 8 heteroatoms.